The molecule has 0 spiro atoms. The highest BCUT2D eigenvalue weighted by atomic mass is 32.2. The van der Waals surface area contributed by atoms with Crippen LogP contribution in [0.25, 0.3) is 6.08 Å². The molecule has 6 heteroatoms. The summed E-state index contributed by atoms with van der Waals surface area (Å²) in [5.74, 6) is -1.16. The zero-order valence-electron chi connectivity index (χ0n) is 12.4. The van der Waals surface area contributed by atoms with Crippen LogP contribution in [0.15, 0.2) is 34.7 Å². The summed E-state index contributed by atoms with van der Waals surface area (Å²) in [6.45, 7) is 4.62. The highest BCUT2D eigenvalue weighted by Gasteiger charge is 2.17. The van der Waals surface area contributed by atoms with Crippen LogP contribution >= 0.6 is 0 Å². The molecule has 0 N–H and O–H groups in total. The molecule has 0 saturated heterocycles. The van der Waals surface area contributed by atoms with Crippen LogP contribution in [0.3, 0.4) is 0 Å². The normalized spacial score (nSPS) is 12.3. The van der Waals surface area contributed by atoms with Crippen LogP contribution in [-0.2, 0) is 24.2 Å². The van der Waals surface area contributed by atoms with E-state index in [0.717, 1.165) is 6.26 Å². The fourth-order valence-corrected chi connectivity index (χ4v) is 2.26. The third-order valence-corrected chi connectivity index (χ3v) is 3.65. The Morgan fingerprint density at radius 3 is 2.33 bits per heavy atom. The number of benzene rings is 1. The first-order valence-electron chi connectivity index (χ1n) is 6.35. The van der Waals surface area contributed by atoms with Crippen molar-refractivity contribution >= 4 is 27.7 Å². The van der Waals surface area contributed by atoms with Crippen molar-refractivity contribution in [3.8, 4) is 0 Å². The Morgan fingerprint density at radius 2 is 1.86 bits per heavy atom. The summed E-state index contributed by atoms with van der Waals surface area (Å²) < 4.78 is 28.0. The lowest BCUT2D eigenvalue weighted by molar-refractivity contribution is -0.143. The molecule has 0 fully saturated rings. The minimum Gasteiger partial charge on any atom is -0.459 e. The van der Waals surface area contributed by atoms with Crippen molar-refractivity contribution < 1.29 is 22.7 Å². The van der Waals surface area contributed by atoms with E-state index in [1.807, 2.05) is 0 Å². The molecule has 1 aromatic carbocycles. The number of hydrogen-bond acceptors (Lipinski definition) is 5. The van der Waals surface area contributed by atoms with E-state index >= 15 is 0 Å². The van der Waals surface area contributed by atoms with Gasteiger partial charge < -0.3 is 4.74 Å². The Kier molecular flexibility index (Phi) is 5.43. The van der Waals surface area contributed by atoms with Gasteiger partial charge in [-0.3, -0.25) is 4.79 Å². The van der Waals surface area contributed by atoms with Gasteiger partial charge in [-0.25, -0.2) is 13.2 Å². The van der Waals surface area contributed by atoms with Gasteiger partial charge in [0.2, 0.25) is 0 Å². The Morgan fingerprint density at radius 1 is 1.24 bits per heavy atom. The number of esters is 1. The quantitative estimate of drug-likeness (QED) is 0.360. The van der Waals surface area contributed by atoms with Gasteiger partial charge in [0, 0.05) is 6.26 Å². The number of Topliss-reactive ketones (excluding diaryl/α,β-unsaturated/α-hetero) is 1. The molecule has 114 valence electrons. The van der Waals surface area contributed by atoms with E-state index in [1.165, 1.54) is 25.1 Å². The number of hydrogen-bond donors (Lipinski definition) is 0. The molecule has 21 heavy (non-hydrogen) atoms. The van der Waals surface area contributed by atoms with Crippen molar-refractivity contribution in [2.45, 2.75) is 31.8 Å². The van der Waals surface area contributed by atoms with Crippen molar-refractivity contribution in [3.63, 3.8) is 0 Å². The predicted octanol–water partition coefficient (Wildman–Crippen LogP) is 2.01. The summed E-state index contributed by atoms with van der Waals surface area (Å²) >= 11 is 0. The summed E-state index contributed by atoms with van der Waals surface area (Å²) in [5.41, 5.74) is 0.332. The molecular weight excluding hydrogens is 292 g/mol. The van der Waals surface area contributed by atoms with Gasteiger partial charge in [-0.2, -0.15) is 0 Å². The van der Waals surface area contributed by atoms with E-state index in [2.05, 4.69) is 0 Å². The first-order chi connectivity index (χ1) is 9.61. The second kappa shape index (κ2) is 6.67. The van der Waals surface area contributed by atoms with Gasteiger partial charge in [-0.1, -0.05) is 12.1 Å². The summed E-state index contributed by atoms with van der Waals surface area (Å²) in [5, 5.41) is 0. The average Bonchev–Trinajstić information content (AvgIpc) is 2.34. The second-order valence-corrected chi connectivity index (χ2v) is 6.93. The van der Waals surface area contributed by atoms with Crippen LogP contribution in [0.4, 0.5) is 0 Å². The summed E-state index contributed by atoms with van der Waals surface area (Å²) in [4.78, 5) is 23.5. The molecule has 1 rings (SSSR count). The molecule has 0 unspecified atom stereocenters. The van der Waals surface area contributed by atoms with Crippen LogP contribution in [0.2, 0.25) is 0 Å². The number of ketones is 1. The van der Waals surface area contributed by atoms with Gasteiger partial charge in [-0.15, -0.1) is 0 Å². The lowest BCUT2D eigenvalue weighted by Gasteiger charge is -2.09. The maximum Gasteiger partial charge on any atom is 0.342 e. The van der Waals surface area contributed by atoms with E-state index < -0.39 is 21.6 Å². The standard InChI is InChI=1S/C15H18O5S/c1-10(2)20-15(17)14(11(3)16)9-12-6-5-7-13(8-12)21(4,18)19/h5-10H,1-4H3. The summed E-state index contributed by atoms with van der Waals surface area (Å²) in [6, 6.07) is 6.02. The van der Waals surface area contributed by atoms with Crippen molar-refractivity contribution in [1.82, 2.24) is 0 Å². The minimum absolute atomic E-state index is 0.116. The third kappa shape index (κ3) is 5.15. The van der Waals surface area contributed by atoms with Crippen LogP contribution < -0.4 is 0 Å². The van der Waals surface area contributed by atoms with Gasteiger partial charge in [0.25, 0.3) is 0 Å². The second-order valence-electron chi connectivity index (χ2n) is 4.91. The van der Waals surface area contributed by atoms with Crippen molar-refractivity contribution in [3.05, 3.63) is 35.4 Å². The Bertz CT molecular complexity index is 684. The molecule has 1 aromatic rings. The molecule has 5 nitrogen and oxygen atoms in total. The fourth-order valence-electron chi connectivity index (χ4n) is 1.58. The molecule has 0 saturated carbocycles. The van der Waals surface area contributed by atoms with Crippen LogP contribution in [0.5, 0.6) is 0 Å². The van der Waals surface area contributed by atoms with Crippen LogP contribution in [0.1, 0.15) is 26.3 Å². The van der Waals surface area contributed by atoms with Crippen molar-refractivity contribution in [2.24, 2.45) is 0 Å². The molecule has 0 bridgehead atoms. The van der Waals surface area contributed by atoms with E-state index in [4.69, 9.17) is 4.74 Å². The molecule has 0 heterocycles. The number of sulfone groups is 1. The van der Waals surface area contributed by atoms with Crippen molar-refractivity contribution in [2.75, 3.05) is 6.26 Å². The highest BCUT2D eigenvalue weighted by Crippen LogP contribution is 2.15. The number of rotatable bonds is 5. The molecule has 0 amide bonds. The molecule has 0 aliphatic heterocycles. The Balaban J connectivity index is 3.24. The summed E-state index contributed by atoms with van der Waals surface area (Å²) in [6.07, 6.45) is 2.08. The number of ether oxygens (including phenoxy) is 1. The maximum absolute atomic E-state index is 11.9. The lowest BCUT2D eigenvalue weighted by atomic mass is 10.1. The molecule has 0 aliphatic carbocycles. The molecule has 0 aromatic heterocycles. The molecule has 0 aliphatic rings. The van der Waals surface area contributed by atoms with Gasteiger partial charge in [0.15, 0.2) is 15.6 Å². The summed E-state index contributed by atoms with van der Waals surface area (Å²) in [7, 11) is -3.35. The van der Waals surface area contributed by atoms with Gasteiger partial charge in [0.05, 0.1) is 11.0 Å². The smallest absolute Gasteiger partial charge is 0.342 e. The van der Waals surface area contributed by atoms with E-state index in [-0.39, 0.29) is 16.6 Å². The zero-order chi connectivity index (χ0) is 16.2. The molecule has 0 atom stereocenters. The van der Waals surface area contributed by atoms with Gasteiger partial charge in [0.1, 0.15) is 5.57 Å². The number of carbonyl (C=O) groups excluding carboxylic acids is 2. The SMILES string of the molecule is CC(=O)C(=Cc1cccc(S(C)(=O)=O)c1)C(=O)OC(C)C. The average molecular weight is 310 g/mol. The predicted molar refractivity (Wildman–Crippen MR) is 79.4 cm³/mol. The monoisotopic (exact) mass is 310 g/mol. The van der Waals surface area contributed by atoms with E-state index in [9.17, 15) is 18.0 Å². The van der Waals surface area contributed by atoms with Gasteiger partial charge >= 0.3 is 5.97 Å². The minimum atomic E-state index is -3.35. The largest absolute Gasteiger partial charge is 0.459 e. The van der Waals surface area contributed by atoms with Crippen LogP contribution in [-0.4, -0.2) is 32.5 Å². The van der Waals surface area contributed by atoms with Gasteiger partial charge in [-0.05, 0) is 44.5 Å². The number of carbonyl (C=O) groups is 2. The van der Waals surface area contributed by atoms with E-state index in [0.29, 0.717) is 5.56 Å². The Labute approximate surface area is 124 Å². The topological polar surface area (TPSA) is 77.5 Å². The molecular formula is C15H18O5S. The fraction of sp³-hybridized carbons (Fsp3) is 0.333. The first-order valence-corrected chi connectivity index (χ1v) is 8.24. The third-order valence-electron chi connectivity index (χ3n) is 2.54. The zero-order valence-corrected chi connectivity index (χ0v) is 13.2. The lowest BCUT2D eigenvalue weighted by Crippen LogP contribution is -2.17. The van der Waals surface area contributed by atoms with E-state index in [1.54, 1.807) is 26.0 Å². The van der Waals surface area contributed by atoms with Crippen molar-refractivity contribution in [1.29, 1.82) is 0 Å². The first kappa shape index (κ1) is 17.1. The highest BCUT2D eigenvalue weighted by molar-refractivity contribution is 7.90. The maximum atomic E-state index is 11.9. The van der Waals surface area contributed by atoms with Crippen LogP contribution in [0, 0.1) is 0 Å². The Hall–Kier alpha value is -1.95. The molecule has 0 radical (unpaired) electrons.